The standard InChI is InChI=1S/C17H13NO6/c1-22-14-6-7-15-11(8-17(19)24-16(15)9-14)10-23-13-4-2-12(3-5-13)18(20)21/h2-9H,10H2,1H3. The summed E-state index contributed by atoms with van der Waals surface area (Å²) < 4.78 is 15.9. The predicted octanol–water partition coefficient (Wildman–Crippen LogP) is 3.29. The highest BCUT2D eigenvalue weighted by atomic mass is 16.6. The van der Waals surface area contributed by atoms with Crippen molar-refractivity contribution < 1.29 is 18.8 Å². The van der Waals surface area contributed by atoms with E-state index in [0.717, 1.165) is 5.39 Å². The monoisotopic (exact) mass is 327 g/mol. The number of ether oxygens (including phenoxy) is 2. The van der Waals surface area contributed by atoms with Crippen LogP contribution in [0.5, 0.6) is 11.5 Å². The van der Waals surface area contributed by atoms with Gasteiger partial charge in [-0.2, -0.15) is 0 Å². The average molecular weight is 327 g/mol. The van der Waals surface area contributed by atoms with Gasteiger partial charge >= 0.3 is 5.63 Å². The Bertz CT molecular complexity index is 945. The first-order chi connectivity index (χ1) is 11.6. The van der Waals surface area contributed by atoms with Crippen LogP contribution in [0.2, 0.25) is 0 Å². The fourth-order valence-corrected chi connectivity index (χ4v) is 2.28. The van der Waals surface area contributed by atoms with Gasteiger partial charge in [-0.15, -0.1) is 0 Å². The molecule has 1 heterocycles. The lowest BCUT2D eigenvalue weighted by Crippen LogP contribution is -2.04. The molecule has 24 heavy (non-hydrogen) atoms. The second kappa shape index (κ2) is 6.41. The molecule has 0 saturated carbocycles. The van der Waals surface area contributed by atoms with Crippen LogP contribution in [0.1, 0.15) is 5.56 Å². The van der Waals surface area contributed by atoms with Gasteiger partial charge in [0.2, 0.25) is 0 Å². The molecular weight excluding hydrogens is 314 g/mol. The van der Waals surface area contributed by atoms with E-state index in [1.165, 1.54) is 37.4 Å². The summed E-state index contributed by atoms with van der Waals surface area (Å²) in [6.45, 7) is 0.131. The maximum Gasteiger partial charge on any atom is 0.336 e. The molecule has 7 nitrogen and oxygen atoms in total. The van der Waals surface area contributed by atoms with Crippen LogP contribution in [0.4, 0.5) is 5.69 Å². The number of hydrogen-bond acceptors (Lipinski definition) is 6. The molecule has 0 N–H and O–H groups in total. The van der Waals surface area contributed by atoms with Crippen LogP contribution in [0.25, 0.3) is 11.0 Å². The van der Waals surface area contributed by atoms with Crippen LogP contribution in [0.15, 0.2) is 57.7 Å². The lowest BCUT2D eigenvalue weighted by molar-refractivity contribution is -0.384. The minimum absolute atomic E-state index is 0.0137. The van der Waals surface area contributed by atoms with E-state index in [-0.39, 0.29) is 12.3 Å². The smallest absolute Gasteiger partial charge is 0.336 e. The Morgan fingerprint density at radius 1 is 1.08 bits per heavy atom. The molecule has 0 fully saturated rings. The lowest BCUT2D eigenvalue weighted by Gasteiger charge is -2.09. The van der Waals surface area contributed by atoms with Gasteiger partial charge in [-0.25, -0.2) is 4.79 Å². The molecule has 0 aliphatic heterocycles. The molecule has 7 heteroatoms. The molecule has 0 spiro atoms. The fraction of sp³-hybridized carbons (Fsp3) is 0.118. The summed E-state index contributed by atoms with van der Waals surface area (Å²) in [5.74, 6) is 1.05. The van der Waals surface area contributed by atoms with E-state index in [9.17, 15) is 14.9 Å². The molecule has 1 aromatic heterocycles. The molecule has 0 aliphatic carbocycles. The van der Waals surface area contributed by atoms with Gasteiger partial charge in [0.15, 0.2) is 0 Å². The van der Waals surface area contributed by atoms with E-state index >= 15 is 0 Å². The molecule has 0 bridgehead atoms. The third-order valence-electron chi connectivity index (χ3n) is 3.48. The van der Waals surface area contributed by atoms with Gasteiger partial charge in [0.25, 0.3) is 5.69 Å². The zero-order chi connectivity index (χ0) is 17.1. The number of benzene rings is 2. The van der Waals surface area contributed by atoms with Gasteiger partial charge in [0.05, 0.1) is 12.0 Å². The van der Waals surface area contributed by atoms with Crippen molar-refractivity contribution in [3.8, 4) is 11.5 Å². The van der Waals surface area contributed by atoms with Crippen LogP contribution < -0.4 is 15.1 Å². The maximum atomic E-state index is 11.7. The Labute approximate surface area is 136 Å². The zero-order valence-corrected chi connectivity index (χ0v) is 12.7. The van der Waals surface area contributed by atoms with Crippen LogP contribution in [0.3, 0.4) is 0 Å². The SMILES string of the molecule is COc1ccc2c(COc3ccc([N+](=O)[O-])cc3)cc(=O)oc2c1. The van der Waals surface area contributed by atoms with Crippen molar-refractivity contribution in [1.29, 1.82) is 0 Å². The average Bonchev–Trinajstić information content (AvgIpc) is 2.59. The molecule has 122 valence electrons. The molecule has 0 aliphatic rings. The second-order valence-electron chi connectivity index (χ2n) is 4.99. The minimum Gasteiger partial charge on any atom is -0.497 e. The number of methoxy groups -OCH3 is 1. The Morgan fingerprint density at radius 3 is 2.46 bits per heavy atom. The topological polar surface area (TPSA) is 91.8 Å². The molecule has 3 aromatic rings. The van der Waals surface area contributed by atoms with Crippen molar-refractivity contribution in [3.05, 3.63) is 74.6 Å². The van der Waals surface area contributed by atoms with E-state index in [1.807, 2.05) is 0 Å². The molecule has 0 unspecified atom stereocenters. The van der Waals surface area contributed by atoms with Gasteiger partial charge in [-0.05, 0) is 24.3 Å². The maximum absolute atomic E-state index is 11.7. The molecule has 0 radical (unpaired) electrons. The van der Waals surface area contributed by atoms with Crippen molar-refractivity contribution in [2.45, 2.75) is 6.61 Å². The van der Waals surface area contributed by atoms with Crippen molar-refractivity contribution in [1.82, 2.24) is 0 Å². The molecule has 0 amide bonds. The highest BCUT2D eigenvalue weighted by molar-refractivity contribution is 5.81. The number of nitro groups is 1. The molecule has 2 aromatic carbocycles. The molecule has 0 saturated heterocycles. The fourth-order valence-electron chi connectivity index (χ4n) is 2.28. The van der Waals surface area contributed by atoms with Gasteiger partial charge in [0.1, 0.15) is 23.7 Å². The Balaban J connectivity index is 1.86. The number of fused-ring (bicyclic) bond motifs is 1. The number of hydrogen-bond donors (Lipinski definition) is 0. The summed E-state index contributed by atoms with van der Waals surface area (Å²) in [5, 5.41) is 11.4. The summed E-state index contributed by atoms with van der Waals surface area (Å²) in [6.07, 6.45) is 0. The quantitative estimate of drug-likeness (QED) is 0.405. The van der Waals surface area contributed by atoms with Crippen LogP contribution >= 0.6 is 0 Å². The Hall–Kier alpha value is -3.35. The lowest BCUT2D eigenvalue weighted by atomic mass is 10.1. The number of nitro benzene ring substituents is 1. The Kier molecular flexibility index (Phi) is 4.15. The Morgan fingerprint density at radius 2 is 1.79 bits per heavy atom. The van der Waals surface area contributed by atoms with Gasteiger partial charge in [-0.3, -0.25) is 10.1 Å². The predicted molar refractivity (Wildman–Crippen MR) is 86.5 cm³/mol. The van der Waals surface area contributed by atoms with E-state index in [0.29, 0.717) is 22.6 Å². The first kappa shape index (κ1) is 15.5. The summed E-state index contributed by atoms with van der Waals surface area (Å²) in [5.41, 5.74) is 0.560. The number of nitrogens with zero attached hydrogens (tertiary/aromatic N) is 1. The van der Waals surface area contributed by atoms with E-state index < -0.39 is 10.5 Å². The van der Waals surface area contributed by atoms with Crippen LogP contribution in [-0.2, 0) is 6.61 Å². The third-order valence-corrected chi connectivity index (χ3v) is 3.48. The van der Waals surface area contributed by atoms with Gasteiger partial charge < -0.3 is 13.9 Å². The first-order valence-electron chi connectivity index (χ1n) is 7.05. The minimum atomic E-state index is -0.488. The number of rotatable bonds is 5. The summed E-state index contributed by atoms with van der Waals surface area (Å²) in [4.78, 5) is 21.9. The second-order valence-corrected chi connectivity index (χ2v) is 4.99. The summed E-state index contributed by atoms with van der Waals surface area (Å²) >= 11 is 0. The van der Waals surface area contributed by atoms with Crippen molar-refractivity contribution in [3.63, 3.8) is 0 Å². The zero-order valence-electron chi connectivity index (χ0n) is 12.7. The van der Waals surface area contributed by atoms with E-state index in [1.54, 1.807) is 18.2 Å². The van der Waals surface area contributed by atoms with Gasteiger partial charge in [0, 0.05) is 35.2 Å². The summed E-state index contributed by atoms with van der Waals surface area (Å²) in [7, 11) is 1.53. The molecule has 0 atom stereocenters. The molecular formula is C17H13NO6. The van der Waals surface area contributed by atoms with E-state index in [4.69, 9.17) is 13.9 Å². The normalized spacial score (nSPS) is 10.5. The van der Waals surface area contributed by atoms with Crippen LogP contribution in [0, 0.1) is 10.1 Å². The largest absolute Gasteiger partial charge is 0.497 e. The number of non-ortho nitro benzene ring substituents is 1. The van der Waals surface area contributed by atoms with Crippen molar-refractivity contribution >= 4 is 16.7 Å². The van der Waals surface area contributed by atoms with E-state index in [2.05, 4.69) is 0 Å². The first-order valence-corrected chi connectivity index (χ1v) is 7.05. The highest BCUT2D eigenvalue weighted by Crippen LogP contribution is 2.24. The van der Waals surface area contributed by atoms with Gasteiger partial charge in [-0.1, -0.05) is 0 Å². The van der Waals surface area contributed by atoms with Crippen LogP contribution in [-0.4, -0.2) is 12.0 Å². The third kappa shape index (κ3) is 3.19. The van der Waals surface area contributed by atoms with Crippen molar-refractivity contribution in [2.75, 3.05) is 7.11 Å². The summed E-state index contributed by atoms with van der Waals surface area (Å²) in [6, 6.07) is 12.3. The molecule has 3 rings (SSSR count). The van der Waals surface area contributed by atoms with Crippen molar-refractivity contribution in [2.24, 2.45) is 0 Å². The highest BCUT2D eigenvalue weighted by Gasteiger charge is 2.09.